The molecule has 110 valence electrons. The molecule has 1 fully saturated rings. The quantitative estimate of drug-likeness (QED) is 0.844. The lowest BCUT2D eigenvalue weighted by molar-refractivity contribution is -0.125. The number of carbonyl (C=O) groups excluding carboxylic acids is 1. The Morgan fingerprint density at radius 2 is 2.40 bits per heavy atom. The lowest BCUT2D eigenvalue weighted by atomic mass is 9.99. The third kappa shape index (κ3) is 2.99. The van der Waals surface area contributed by atoms with Crippen LogP contribution in [0, 0.1) is 0 Å². The standard InChI is InChI=1S/C15H24N4O/c1-3-11(16)14(12-7-4-5-9-18-12)19-10-6-8-13(19)15(20)17-2/h4-5,7,9,11,13-14H,3,6,8,10,16H2,1-2H3,(H,17,20). The van der Waals surface area contributed by atoms with Crippen LogP contribution in [0.4, 0.5) is 0 Å². The van der Waals surface area contributed by atoms with Gasteiger partial charge in [-0.2, -0.15) is 0 Å². The zero-order valence-electron chi connectivity index (χ0n) is 12.2. The van der Waals surface area contributed by atoms with E-state index >= 15 is 0 Å². The summed E-state index contributed by atoms with van der Waals surface area (Å²) in [6.45, 7) is 2.97. The van der Waals surface area contributed by atoms with Gasteiger partial charge in [0.2, 0.25) is 5.91 Å². The molecule has 0 bridgehead atoms. The van der Waals surface area contributed by atoms with Gasteiger partial charge in [-0.05, 0) is 37.9 Å². The fourth-order valence-electron chi connectivity index (χ4n) is 2.98. The van der Waals surface area contributed by atoms with Crippen LogP contribution in [0.3, 0.4) is 0 Å². The molecule has 20 heavy (non-hydrogen) atoms. The zero-order valence-corrected chi connectivity index (χ0v) is 12.2. The molecule has 0 spiro atoms. The number of pyridine rings is 1. The highest BCUT2D eigenvalue weighted by Gasteiger charge is 2.38. The molecule has 1 aliphatic heterocycles. The highest BCUT2D eigenvalue weighted by molar-refractivity contribution is 5.81. The van der Waals surface area contributed by atoms with Crippen LogP contribution in [0.25, 0.3) is 0 Å². The maximum absolute atomic E-state index is 12.1. The molecule has 0 aliphatic carbocycles. The lowest BCUT2D eigenvalue weighted by Crippen LogP contribution is -2.48. The van der Waals surface area contributed by atoms with E-state index in [1.54, 1.807) is 13.2 Å². The van der Waals surface area contributed by atoms with E-state index < -0.39 is 0 Å². The summed E-state index contributed by atoms with van der Waals surface area (Å²) in [6, 6.07) is 5.77. The van der Waals surface area contributed by atoms with E-state index in [9.17, 15) is 4.79 Å². The van der Waals surface area contributed by atoms with Crippen LogP contribution in [0.5, 0.6) is 0 Å². The number of likely N-dealkylation sites (N-methyl/N-ethyl adjacent to an activating group) is 1. The normalized spacial score (nSPS) is 22.4. The summed E-state index contributed by atoms with van der Waals surface area (Å²) in [5.41, 5.74) is 7.28. The van der Waals surface area contributed by atoms with Gasteiger partial charge in [-0.1, -0.05) is 13.0 Å². The number of hydrogen-bond donors (Lipinski definition) is 2. The van der Waals surface area contributed by atoms with Crippen molar-refractivity contribution in [3.63, 3.8) is 0 Å². The molecule has 3 N–H and O–H groups in total. The summed E-state index contributed by atoms with van der Waals surface area (Å²) < 4.78 is 0. The molecule has 0 radical (unpaired) electrons. The van der Waals surface area contributed by atoms with E-state index in [-0.39, 0.29) is 24.0 Å². The average molecular weight is 276 g/mol. The van der Waals surface area contributed by atoms with E-state index in [1.165, 1.54) is 0 Å². The monoisotopic (exact) mass is 276 g/mol. The van der Waals surface area contributed by atoms with Gasteiger partial charge < -0.3 is 11.1 Å². The second-order valence-electron chi connectivity index (χ2n) is 5.28. The maximum atomic E-state index is 12.1. The van der Waals surface area contributed by atoms with Crippen molar-refractivity contribution in [3.8, 4) is 0 Å². The summed E-state index contributed by atoms with van der Waals surface area (Å²) in [7, 11) is 1.69. The molecule has 2 rings (SSSR count). The number of amides is 1. The van der Waals surface area contributed by atoms with E-state index in [4.69, 9.17) is 5.73 Å². The van der Waals surface area contributed by atoms with Crippen molar-refractivity contribution in [3.05, 3.63) is 30.1 Å². The number of nitrogens with one attached hydrogen (secondary N) is 1. The Balaban J connectivity index is 2.29. The van der Waals surface area contributed by atoms with Gasteiger partial charge in [0.25, 0.3) is 0 Å². The second-order valence-corrected chi connectivity index (χ2v) is 5.28. The van der Waals surface area contributed by atoms with Gasteiger partial charge >= 0.3 is 0 Å². The Kier molecular flexibility index (Phi) is 5.09. The van der Waals surface area contributed by atoms with Crippen molar-refractivity contribution in [2.24, 2.45) is 5.73 Å². The molecule has 1 saturated heterocycles. The predicted octanol–water partition coefficient (Wildman–Crippen LogP) is 1.07. The largest absolute Gasteiger partial charge is 0.358 e. The van der Waals surface area contributed by atoms with Gasteiger partial charge in [0.1, 0.15) is 0 Å². The van der Waals surface area contributed by atoms with Crippen LogP contribution in [0.2, 0.25) is 0 Å². The molecule has 0 aromatic carbocycles. The first-order chi connectivity index (χ1) is 9.69. The number of nitrogens with two attached hydrogens (primary N) is 1. The highest BCUT2D eigenvalue weighted by atomic mass is 16.2. The molecule has 0 saturated carbocycles. The van der Waals surface area contributed by atoms with Crippen molar-refractivity contribution >= 4 is 5.91 Å². The number of hydrogen-bond acceptors (Lipinski definition) is 4. The molecule has 5 nitrogen and oxygen atoms in total. The summed E-state index contributed by atoms with van der Waals surface area (Å²) >= 11 is 0. The van der Waals surface area contributed by atoms with Gasteiger partial charge in [0, 0.05) is 19.3 Å². The van der Waals surface area contributed by atoms with E-state index in [0.717, 1.165) is 31.5 Å². The molecule has 1 amide bonds. The van der Waals surface area contributed by atoms with Gasteiger partial charge in [-0.15, -0.1) is 0 Å². The second kappa shape index (κ2) is 6.81. The van der Waals surface area contributed by atoms with Gasteiger partial charge in [0.15, 0.2) is 0 Å². The Morgan fingerprint density at radius 3 is 3.00 bits per heavy atom. The average Bonchev–Trinajstić information content (AvgIpc) is 2.96. The molecular formula is C15H24N4O. The molecule has 3 unspecified atom stereocenters. The zero-order chi connectivity index (χ0) is 14.5. The number of likely N-dealkylation sites (tertiary alicyclic amines) is 1. The van der Waals surface area contributed by atoms with Crippen LogP contribution >= 0.6 is 0 Å². The molecule has 1 aromatic rings. The van der Waals surface area contributed by atoms with E-state index in [2.05, 4.69) is 22.1 Å². The number of rotatable bonds is 5. The van der Waals surface area contributed by atoms with E-state index in [0.29, 0.717) is 0 Å². The molecule has 5 heteroatoms. The van der Waals surface area contributed by atoms with Gasteiger partial charge in [-0.3, -0.25) is 14.7 Å². The van der Waals surface area contributed by atoms with Crippen molar-refractivity contribution < 1.29 is 4.79 Å². The minimum Gasteiger partial charge on any atom is -0.358 e. The summed E-state index contributed by atoms with van der Waals surface area (Å²) in [4.78, 5) is 18.7. The van der Waals surface area contributed by atoms with Crippen molar-refractivity contribution in [2.75, 3.05) is 13.6 Å². The van der Waals surface area contributed by atoms with Crippen molar-refractivity contribution in [2.45, 2.75) is 44.3 Å². The van der Waals surface area contributed by atoms with E-state index in [1.807, 2.05) is 18.2 Å². The van der Waals surface area contributed by atoms with Crippen molar-refractivity contribution in [1.82, 2.24) is 15.2 Å². The minimum absolute atomic E-state index is 0.00556. The fraction of sp³-hybridized carbons (Fsp3) is 0.600. The highest BCUT2D eigenvalue weighted by Crippen LogP contribution is 2.31. The Morgan fingerprint density at radius 1 is 1.60 bits per heavy atom. The Bertz CT molecular complexity index is 437. The SMILES string of the molecule is CCC(N)C(c1ccccn1)N1CCCC1C(=O)NC. The summed E-state index contributed by atoms with van der Waals surface area (Å²) in [6.07, 6.45) is 4.56. The number of carbonyl (C=O) groups is 1. The molecule has 1 aromatic heterocycles. The van der Waals surface area contributed by atoms with Gasteiger partial charge in [-0.25, -0.2) is 0 Å². The Hall–Kier alpha value is -1.46. The summed E-state index contributed by atoms with van der Waals surface area (Å²) in [5, 5.41) is 2.76. The van der Waals surface area contributed by atoms with Gasteiger partial charge in [0.05, 0.1) is 17.8 Å². The number of aromatic nitrogens is 1. The molecular weight excluding hydrogens is 252 g/mol. The van der Waals surface area contributed by atoms with Crippen LogP contribution in [-0.4, -0.2) is 41.5 Å². The number of nitrogens with zero attached hydrogens (tertiary/aromatic N) is 2. The van der Waals surface area contributed by atoms with Crippen LogP contribution in [0.1, 0.15) is 37.9 Å². The summed E-state index contributed by atoms with van der Waals surface area (Å²) in [5.74, 6) is 0.0757. The third-order valence-electron chi connectivity index (χ3n) is 4.07. The maximum Gasteiger partial charge on any atom is 0.237 e. The first-order valence-corrected chi connectivity index (χ1v) is 7.32. The minimum atomic E-state index is -0.0930. The first-order valence-electron chi connectivity index (χ1n) is 7.32. The first kappa shape index (κ1) is 14.9. The van der Waals surface area contributed by atoms with Crippen molar-refractivity contribution in [1.29, 1.82) is 0 Å². The molecule has 3 atom stereocenters. The Labute approximate surface area is 120 Å². The van der Waals surface area contributed by atoms with Crippen LogP contribution in [0.15, 0.2) is 24.4 Å². The fourth-order valence-corrected chi connectivity index (χ4v) is 2.98. The lowest BCUT2D eigenvalue weighted by Gasteiger charge is -2.35. The topological polar surface area (TPSA) is 71.2 Å². The molecule has 2 heterocycles. The predicted molar refractivity (Wildman–Crippen MR) is 79.0 cm³/mol. The van der Waals surface area contributed by atoms with Crippen LogP contribution < -0.4 is 11.1 Å². The third-order valence-corrected chi connectivity index (χ3v) is 4.07. The van der Waals surface area contributed by atoms with Crippen LogP contribution in [-0.2, 0) is 4.79 Å². The molecule has 1 aliphatic rings. The smallest absolute Gasteiger partial charge is 0.237 e.